The number of amides is 1. The molecule has 1 rings (SSSR count). The second-order valence-electron chi connectivity index (χ2n) is 6.87. The number of hydrogen-bond donors (Lipinski definition) is 2. The standard InChI is InChI=1S/C19H32N2O2.ClH/c1-13(2)10-11-23-15(5)19(22)21-12-18(20)17-8-6-16(7-9-17)14(3)4;/h6-9,13-15,18H,10-12,20H2,1-5H3,(H,21,22);1H. The summed E-state index contributed by atoms with van der Waals surface area (Å²) in [6.45, 7) is 11.4. The molecule has 2 unspecified atom stereocenters. The van der Waals surface area contributed by atoms with Gasteiger partial charge in [0.2, 0.25) is 5.91 Å². The molecule has 3 N–H and O–H groups in total. The first kappa shape index (κ1) is 22.9. The lowest BCUT2D eigenvalue weighted by molar-refractivity contribution is -0.132. The van der Waals surface area contributed by atoms with Gasteiger partial charge >= 0.3 is 0 Å². The van der Waals surface area contributed by atoms with E-state index in [-0.39, 0.29) is 24.4 Å². The molecular formula is C19H33ClN2O2. The predicted molar refractivity (Wildman–Crippen MR) is 103 cm³/mol. The molecule has 2 atom stereocenters. The van der Waals surface area contributed by atoms with Gasteiger partial charge in [-0.3, -0.25) is 4.79 Å². The monoisotopic (exact) mass is 356 g/mol. The van der Waals surface area contributed by atoms with Gasteiger partial charge in [0, 0.05) is 19.2 Å². The minimum Gasteiger partial charge on any atom is -0.369 e. The summed E-state index contributed by atoms with van der Waals surface area (Å²) in [7, 11) is 0. The number of ether oxygens (including phenoxy) is 1. The smallest absolute Gasteiger partial charge is 0.248 e. The highest BCUT2D eigenvalue weighted by molar-refractivity contribution is 5.85. The number of nitrogens with two attached hydrogens (primary N) is 1. The third-order valence-electron chi connectivity index (χ3n) is 3.96. The molecule has 1 aromatic rings. The van der Waals surface area contributed by atoms with E-state index in [2.05, 4.69) is 45.1 Å². The van der Waals surface area contributed by atoms with Gasteiger partial charge in [-0.25, -0.2) is 0 Å². The fourth-order valence-electron chi connectivity index (χ4n) is 2.16. The Labute approximate surface area is 152 Å². The molecule has 0 fully saturated rings. The molecular weight excluding hydrogens is 324 g/mol. The van der Waals surface area contributed by atoms with Crippen LogP contribution in [0.5, 0.6) is 0 Å². The Morgan fingerprint density at radius 3 is 2.12 bits per heavy atom. The summed E-state index contributed by atoms with van der Waals surface area (Å²) in [5, 5.41) is 2.87. The molecule has 0 bridgehead atoms. The van der Waals surface area contributed by atoms with Crippen molar-refractivity contribution in [1.29, 1.82) is 0 Å². The van der Waals surface area contributed by atoms with Crippen molar-refractivity contribution < 1.29 is 9.53 Å². The number of hydrogen-bond acceptors (Lipinski definition) is 3. The van der Waals surface area contributed by atoms with Crippen molar-refractivity contribution in [1.82, 2.24) is 5.32 Å². The van der Waals surface area contributed by atoms with E-state index in [0.717, 1.165) is 12.0 Å². The van der Waals surface area contributed by atoms with Crippen molar-refractivity contribution in [3.05, 3.63) is 35.4 Å². The van der Waals surface area contributed by atoms with Crippen LogP contribution in [0.25, 0.3) is 0 Å². The molecule has 0 aromatic heterocycles. The Balaban J connectivity index is 0.00000529. The summed E-state index contributed by atoms with van der Waals surface area (Å²) < 4.78 is 5.54. The summed E-state index contributed by atoms with van der Waals surface area (Å²) in [5.41, 5.74) is 8.47. The molecule has 0 heterocycles. The molecule has 138 valence electrons. The van der Waals surface area contributed by atoms with Crippen molar-refractivity contribution in [3.63, 3.8) is 0 Å². The number of carbonyl (C=O) groups is 1. The fourth-order valence-corrected chi connectivity index (χ4v) is 2.16. The van der Waals surface area contributed by atoms with Crippen molar-refractivity contribution in [2.45, 2.75) is 59.1 Å². The van der Waals surface area contributed by atoms with Crippen LogP contribution >= 0.6 is 12.4 Å². The van der Waals surface area contributed by atoms with Gasteiger partial charge in [-0.05, 0) is 36.3 Å². The van der Waals surface area contributed by atoms with Crippen LogP contribution in [0.3, 0.4) is 0 Å². The number of halogens is 1. The van der Waals surface area contributed by atoms with E-state index in [1.54, 1.807) is 6.92 Å². The van der Waals surface area contributed by atoms with Gasteiger partial charge in [-0.2, -0.15) is 0 Å². The number of carbonyl (C=O) groups excluding carboxylic acids is 1. The maximum atomic E-state index is 12.0. The molecule has 1 aromatic carbocycles. The number of benzene rings is 1. The second-order valence-corrected chi connectivity index (χ2v) is 6.87. The van der Waals surface area contributed by atoms with E-state index in [9.17, 15) is 4.79 Å². The Morgan fingerprint density at radius 1 is 1.08 bits per heavy atom. The molecule has 4 nitrogen and oxygen atoms in total. The van der Waals surface area contributed by atoms with Gasteiger partial charge in [0.1, 0.15) is 6.10 Å². The third kappa shape index (κ3) is 8.13. The van der Waals surface area contributed by atoms with Gasteiger partial charge in [-0.15, -0.1) is 12.4 Å². The first-order valence-electron chi connectivity index (χ1n) is 8.56. The van der Waals surface area contributed by atoms with Gasteiger partial charge < -0.3 is 15.8 Å². The van der Waals surface area contributed by atoms with Crippen LogP contribution in [-0.2, 0) is 9.53 Å². The molecule has 0 aliphatic rings. The van der Waals surface area contributed by atoms with E-state index in [1.165, 1.54) is 5.56 Å². The Kier molecular flexibility index (Phi) is 10.9. The average Bonchev–Trinajstić information content (AvgIpc) is 2.51. The zero-order valence-electron chi connectivity index (χ0n) is 15.5. The Bertz CT molecular complexity index is 475. The molecule has 0 aliphatic heterocycles. The minimum atomic E-state index is -0.440. The summed E-state index contributed by atoms with van der Waals surface area (Å²) >= 11 is 0. The fraction of sp³-hybridized carbons (Fsp3) is 0.632. The first-order chi connectivity index (χ1) is 10.8. The summed E-state index contributed by atoms with van der Waals surface area (Å²) in [4.78, 5) is 12.0. The molecule has 0 spiro atoms. The van der Waals surface area contributed by atoms with Gasteiger partial charge in [-0.1, -0.05) is 52.0 Å². The average molecular weight is 357 g/mol. The zero-order valence-corrected chi connectivity index (χ0v) is 16.4. The van der Waals surface area contributed by atoms with Crippen molar-refractivity contribution >= 4 is 18.3 Å². The lowest BCUT2D eigenvalue weighted by Crippen LogP contribution is -2.38. The van der Waals surface area contributed by atoms with Crippen molar-refractivity contribution in [2.24, 2.45) is 11.7 Å². The van der Waals surface area contributed by atoms with Crippen molar-refractivity contribution in [3.8, 4) is 0 Å². The van der Waals surface area contributed by atoms with E-state index in [0.29, 0.717) is 25.0 Å². The van der Waals surface area contributed by atoms with Crippen LogP contribution < -0.4 is 11.1 Å². The third-order valence-corrected chi connectivity index (χ3v) is 3.96. The highest BCUT2D eigenvalue weighted by atomic mass is 35.5. The second kappa shape index (κ2) is 11.5. The molecule has 0 saturated heterocycles. The van der Waals surface area contributed by atoms with E-state index in [4.69, 9.17) is 10.5 Å². The van der Waals surface area contributed by atoms with Crippen molar-refractivity contribution in [2.75, 3.05) is 13.2 Å². The highest BCUT2D eigenvalue weighted by Crippen LogP contribution is 2.17. The predicted octanol–water partition coefficient (Wildman–Crippen LogP) is 3.80. The van der Waals surface area contributed by atoms with E-state index in [1.807, 2.05) is 12.1 Å². The van der Waals surface area contributed by atoms with Crippen LogP contribution in [0.1, 0.15) is 64.1 Å². The van der Waals surface area contributed by atoms with Crippen LogP contribution in [0, 0.1) is 5.92 Å². The molecule has 0 aliphatic carbocycles. The summed E-state index contributed by atoms with van der Waals surface area (Å²) in [6.07, 6.45) is 0.517. The molecule has 5 heteroatoms. The van der Waals surface area contributed by atoms with Gasteiger partial charge in [0.25, 0.3) is 0 Å². The zero-order chi connectivity index (χ0) is 17.4. The SMILES string of the molecule is CC(C)CCOC(C)C(=O)NCC(N)c1ccc(C(C)C)cc1.Cl. The minimum absolute atomic E-state index is 0. The Hall–Kier alpha value is -1.10. The normalized spacial score (nSPS) is 13.5. The molecule has 24 heavy (non-hydrogen) atoms. The van der Waals surface area contributed by atoms with Crippen LogP contribution in [0.2, 0.25) is 0 Å². The van der Waals surface area contributed by atoms with E-state index >= 15 is 0 Å². The van der Waals surface area contributed by atoms with Gasteiger partial charge in [0.15, 0.2) is 0 Å². The molecule has 1 amide bonds. The largest absolute Gasteiger partial charge is 0.369 e. The maximum absolute atomic E-state index is 12.0. The molecule has 0 saturated carbocycles. The lowest BCUT2D eigenvalue weighted by atomic mass is 9.99. The highest BCUT2D eigenvalue weighted by Gasteiger charge is 2.15. The topological polar surface area (TPSA) is 64.3 Å². The lowest BCUT2D eigenvalue weighted by Gasteiger charge is -2.17. The number of rotatable bonds is 9. The summed E-state index contributed by atoms with van der Waals surface area (Å²) in [5.74, 6) is 0.972. The first-order valence-corrected chi connectivity index (χ1v) is 8.56. The maximum Gasteiger partial charge on any atom is 0.248 e. The van der Waals surface area contributed by atoms with Crippen LogP contribution in [-0.4, -0.2) is 25.2 Å². The van der Waals surface area contributed by atoms with Crippen LogP contribution in [0.4, 0.5) is 0 Å². The molecule has 0 radical (unpaired) electrons. The van der Waals surface area contributed by atoms with Crippen LogP contribution in [0.15, 0.2) is 24.3 Å². The Morgan fingerprint density at radius 2 is 1.62 bits per heavy atom. The number of nitrogens with one attached hydrogen (secondary N) is 1. The van der Waals surface area contributed by atoms with Gasteiger partial charge in [0.05, 0.1) is 0 Å². The quantitative estimate of drug-likeness (QED) is 0.707. The summed E-state index contributed by atoms with van der Waals surface area (Å²) in [6, 6.07) is 8.06. The van der Waals surface area contributed by atoms with E-state index < -0.39 is 6.10 Å².